The average molecular weight is 246 g/mol. The fraction of sp³-hybridized carbons (Fsp3) is 0.500. The van der Waals surface area contributed by atoms with Crippen molar-refractivity contribution in [2.24, 2.45) is 5.92 Å². The number of rotatable bonds is 4. The van der Waals surface area contributed by atoms with Crippen LogP contribution in [-0.4, -0.2) is 12.2 Å². The number of benzene rings is 1. The van der Waals surface area contributed by atoms with E-state index in [1.54, 1.807) is 7.11 Å². The summed E-state index contributed by atoms with van der Waals surface area (Å²) in [5, 5.41) is 9.31. The smallest absolute Gasteiger partial charge is 0.0716 e. The predicted octanol–water partition coefficient (Wildman–Crippen LogP) is 3.53. The van der Waals surface area contributed by atoms with Gasteiger partial charge in [0.1, 0.15) is 0 Å². The third-order valence-corrected chi connectivity index (χ3v) is 3.72. The maximum absolute atomic E-state index is 9.31. The van der Waals surface area contributed by atoms with Crippen LogP contribution in [0.1, 0.15) is 42.9 Å². The molecule has 1 aliphatic rings. The van der Waals surface area contributed by atoms with E-state index in [9.17, 15) is 5.11 Å². The van der Waals surface area contributed by atoms with Gasteiger partial charge in [0, 0.05) is 7.11 Å². The Morgan fingerprint density at radius 1 is 1.33 bits per heavy atom. The van der Waals surface area contributed by atoms with Crippen LogP contribution < -0.4 is 0 Å². The highest BCUT2D eigenvalue weighted by Crippen LogP contribution is 2.30. The van der Waals surface area contributed by atoms with Crippen LogP contribution in [0.15, 0.2) is 24.3 Å². The molecule has 2 nitrogen and oxygen atoms in total. The molecule has 1 N–H and O–H groups in total. The van der Waals surface area contributed by atoms with Gasteiger partial charge < -0.3 is 9.84 Å². The Hall–Kier alpha value is -1.12. The zero-order valence-corrected chi connectivity index (χ0v) is 11.3. The maximum atomic E-state index is 9.31. The van der Waals surface area contributed by atoms with Gasteiger partial charge in [0.05, 0.1) is 13.2 Å². The van der Waals surface area contributed by atoms with Crippen LogP contribution in [0, 0.1) is 5.92 Å². The molecule has 2 rings (SSSR count). The van der Waals surface area contributed by atoms with E-state index < -0.39 is 0 Å². The van der Waals surface area contributed by atoms with Gasteiger partial charge in [-0.3, -0.25) is 0 Å². The van der Waals surface area contributed by atoms with Gasteiger partial charge in [-0.25, -0.2) is 0 Å². The quantitative estimate of drug-likeness (QED) is 0.880. The van der Waals surface area contributed by atoms with E-state index in [1.165, 1.54) is 24.0 Å². The summed E-state index contributed by atoms with van der Waals surface area (Å²) in [5.41, 5.74) is 4.78. The van der Waals surface area contributed by atoms with Crippen LogP contribution in [-0.2, 0) is 18.0 Å². The van der Waals surface area contributed by atoms with Crippen LogP contribution in [0.5, 0.6) is 0 Å². The molecule has 1 aliphatic carbocycles. The lowest BCUT2D eigenvalue weighted by Gasteiger charge is -2.19. The number of methoxy groups -OCH3 is 1. The number of ether oxygens (including phenoxy) is 1. The van der Waals surface area contributed by atoms with Crippen LogP contribution in [0.3, 0.4) is 0 Å². The highest BCUT2D eigenvalue weighted by atomic mass is 16.5. The first-order chi connectivity index (χ1) is 8.74. The Labute approximate surface area is 109 Å². The van der Waals surface area contributed by atoms with Crippen molar-refractivity contribution < 1.29 is 9.84 Å². The Bertz CT molecular complexity index is 435. The minimum atomic E-state index is 0.0784. The van der Waals surface area contributed by atoms with Crippen LogP contribution in [0.25, 0.3) is 5.57 Å². The molecular weight excluding hydrogens is 224 g/mol. The van der Waals surface area contributed by atoms with Crippen LogP contribution in [0.4, 0.5) is 0 Å². The number of hydrogen-bond acceptors (Lipinski definition) is 2. The lowest BCUT2D eigenvalue weighted by molar-refractivity contribution is 0.181. The zero-order valence-electron chi connectivity index (χ0n) is 11.3. The lowest BCUT2D eigenvalue weighted by Crippen LogP contribution is -2.03. The number of hydrogen-bond donors (Lipinski definition) is 1. The number of allylic oxidation sites excluding steroid dienone is 2. The highest BCUT2D eigenvalue weighted by molar-refractivity contribution is 5.67. The summed E-state index contributed by atoms with van der Waals surface area (Å²) >= 11 is 0. The molecule has 18 heavy (non-hydrogen) atoms. The number of aliphatic hydroxyl groups is 1. The van der Waals surface area contributed by atoms with Crippen molar-refractivity contribution in [1.82, 2.24) is 0 Å². The van der Waals surface area contributed by atoms with E-state index in [4.69, 9.17) is 4.74 Å². The monoisotopic (exact) mass is 246 g/mol. The summed E-state index contributed by atoms with van der Waals surface area (Å²) in [5.74, 6) is 0.809. The predicted molar refractivity (Wildman–Crippen MR) is 74.1 cm³/mol. The molecular formula is C16H22O2. The lowest BCUT2D eigenvalue weighted by atomic mass is 9.87. The fourth-order valence-corrected chi connectivity index (χ4v) is 2.50. The molecule has 0 bridgehead atoms. The summed E-state index contributed by atoms with van der Waals surface area (Å²) in [4.78, 5) is 0. The molecule has 98 valence electrons. The van der Waals surface area contributed by atoms with Gasteiger partial charge in [-0.2, -0.15) is 0 Å². The normalized spacial score (nSPS) is 19.7. The summed E-state index contributed by atoms with van der Waals surface area (Å²) < 4.78 is 5.20. The molecule has 0 aromatic heterocycles. The Morgan fingerprint density at radius 3 is 2.78 bits per heavy atom. The van der Waals surface area contributed by atoms with Crippen molar-refractivity contribution >= 4 is 5.57 Å². The van der Waals surface area contributed by atoms with Gasteiger partial charge >= 0.3 is 0 Å². The zero-order chi connectivity index (χ0) is 13.0. The molecule has 0 fully saturated rings. The van der Waals surface area contributed by atoms with Gasteiger partial charge in [-0.1, -0.05) is 25.1 Å². The van der Waals surface area contributed by atoms with Crippen molar-refractivity contribution in [3.05, 3.63) is 41.0 Å². The third-order valence-electron chi connectivity index (χ3n) is 3.72. The second-order valence-corrected chi connectivity index (χ2v) is 5.18. The summed E-state index contributed by atoms with van der Waals surface area (Å²) in [6, 6.07) is 6.30. The topological polar surface area (TPSA) is 29.5 Å². The summed E-state index contributed by atoms with van der Waals surface area (Å²) in [6.45, 7) is 2.95. The molecule has 0 radical (unpaired) electrons. The van der Waals surface area contributed by atoms with Gasteiger partial charge in [0.2, 0.25) is 0 Å². The van der Waals surface area contributed by atoms with Crippen molar-refractivity contribution in [3.63, 3.8) is 0 Å². The standard InChI is InChI=1S/C16H22O2/c1-12-3-5-13(6-4-12)14-7-8-15(10-17)16(9-14)11-18-2/h5,7-9,12,17H,3-4,6,10-11H2,1-2H3. The van der Waals surface area contributed by atoms with E-state index >= 15 is 0 Å². The Morgan fingerprint density at radius 2 is 2.17 bits per heavy atom. The molecule has 0 aliphatic heterocycles. The van der Waals surface area contributed by atoms with E-state index in [0.29, 0.717) is 6.61 Å². The van der Waals surface area contributed by atoms with Gasteiger partial charge in [-0.05, 0) is 53.5 Å². The van der Waals surface area contributed by atoms with Gasteiger partial charge in [0.15, 0.2) is 0 Å². The first kappa shape index (κ1) is 13.3. The summed E-state index contributed by atoms with van der Waals surface area (Å²) in [6.07, 6.45) is 5.97. The fourth-order valence-electron chi connectivity index (χ4n) is 2.50. The molecule has 1 aromatic carbocycles. The van der Waals surface area contributed by atoms with Crippen molar-refractivity contribution in [3.8, 4) is 0 Å². The molecule has 1 aromatic rings. The SMILES string of the molecule is COCc1cc(C2=CCC(C)CC2)ccc1CO. The molecule has 0 spiro atoms. The van der Waals surface area contributed by atoms with E-state index in [2.05, 4.69) is 25.1 Å². The molecule has 1 unspecified atom stereocenters. The van der Waals surface area contributed by atoms with E-state index in [-0.39, 0.29) is 6.61 Å². The minimum Gasteiger partial charge on any atom is -0.392 e. The molecule has 0 amide bonds. The molecule has 0 saturated carbocycles. The van der Waals surface area contributed by atoms with Crippen molar-refractivity contribution in [1.29, 1.82) is 0 Å². The third kappa shape index (κ3) is 3.01. The molecule has 1 atom stereocenters. The largest absolute Gasteiger partial charge is 0.392 e. The molecule has 0 saturated heterocycles. The summed E-state index contributed by atoms with van der Waals surface area (Å²) in [7, 11) is 1.69. The Kier molecular flexibility index (Phi) is 4.56. The Balaban J connectivity index is 2.26. The maximum Gasteiger partial charge on any atom is 0.0716 e. The van der Waals surface area contributed by atoms with Crippen molar-refractivity contribution in [2.45, 2.75) is 39.4 Å². The first-order valence-corrected chi connectivity index (χ1v) is 6.65. The van der Waals surface area contributed by atoms with E-state index in [0.717, 1.165) is 23.5 Å². The highest BCUT2D eigenvalue weighted by Gasteiger charge is 2.12. The second kappa shape index (κ2) is 6.17. The average Bonchev–Trinajstić information content (AvgIpc) is 2.40. The first-order valence-electron chi connectivity index (χ1n) is 6.65. The number of aliphatic hydroxyl groups excluding tert-OH is 1. The van der Waals surface area contributed by atoms with Gasteiger partial charge in [0.25, 0.3) is 0 Å². The second-order valence-electron chi connectivity index (χ2n) is 5.18. The minimum absolute atomic E-state index is 0.0784. The van der Waals surface area contributed by atoms with E-state index in [1.807, 2.05) is 6.07 Å². The molecule has 0 heterocycles. The van der Waals surface area contributed by atoms with Crippen LogP contribution in [0.2, 0.25) is 0 Å². The van der Waals surface area contributed by atoms with Crippen LogP contribution >= 0.6 is 0 Å². The van der Waals surface area contributed by atoms with Crippen molar-refractivity contribution in [2.75, 3.05) is 7.11 Å². The molecule has 2 heteroatoms. The van der Waals surface area contributed by atoms with Gasteiger partial charge in [-0.15, -0.1) is 0 Å².